The summed E-state index contributed by atoms with van der Waals surface area (Å²) in [4.78, 5) is 36.1. The van der Waals surface area contributed by atoms with Crippen molar-refractivity contribution in [3.63, 3.8) is 0 Å². The van der Waals surface area contributed by atoms with Crippen LogP contribution in [0.2, 0.25) is 0 Å². The van der Waals surface area contributed by atoms with Crippen molar-refractivity contribution in [1.82, 2.24) is 10.2 Å². The fourth-order valence-corrected chi connectivity index (χ4v) is 3.20. The molecule has 7 nitrogen and oxygen atoms in total. The molecule has 0 aliphatic carbocycles. The summed E-state index contributed by atoms with van der Waals surface area (Å²) in [5, 5.41) is 21.5. The fourth-order valence-electron chi connectivity index (χ4n) is 3.20. The van der Waals surface area contributed by atoms with E-state index in [1.165, 1.54) is 4.90 Å². The Balaban J connectivity index is 1.93. The molecule has 0 spiro atoms. The number of aliphatic carboxylic acids is 2. The van der Waals surface area contributed by atoms with Gasteiger partial charge in [-0.3, -0.25) is 14.4 Å². The van der Waals surface area contributed by atoms with Crippen LogP contribution in [0.5, 0.6) is 0 Å². The molecule has 2 aliphatic heterocycles. The van der Waals surface area contributed by atoms with Crippen molar-refractivity contribution in [1.29, 1.82) is 0 Å². The lowest BCUT2D eigenvalue weighted by atomic mass is 9.85. The van der Waals surface area contributed by atoms with E-state index in [2.05, 4.69) is 5.32 Å². The summed E-state index contributed by atoms with van der Waals surface area (Å²) in [6.07, 6.45) is 2.68. The molecule has 118 valence electrons. The van der Waals surface area contributed by atoms with E-state index in [1.807, 2.05) is 0 Å². The third kappa shape index (κ3) is 3.93. The number of amides is 1. The van der Waals surface area contributed by atoms with Gasteiger partial charge in [0.05, 0.1) is 11.8 Å². The van der Waals surface area contributed by atoms with E-state index in [0.717, 1.165) is 25.9 Å². The molecule has 2 fully saturated rings. The number of nitrogens with one attached hydrogen (secondary N) is 1. The molecule has 2 heterocycles. The molecule has 0 aromatic heterocycles. The Morgan fingerprint density at radius 2 is 1.81 bits per heavy atom. The first-order chi connectivity index (χ1) is 9.99. The fraction of sp³-hybridized carbons (Fsp3) is 0.786. The minimum Gasteiger partial charge on any atom is -0.481 e. The van der Waals surface area contributed by atoms with E-state index in [-0.39, 0.29) is 18.9 Å². The second-order valence-corrected chi connectivity index (χ2v) is 5.93. The summed E-state index contributed by atoms with van der Waals surface area (Å²) in [6, 6.07) is 0. The van der Waals surface area contributed by atoms with Crippen molar-refractivity contribution >= 4 is 17.8 Å². The number of carboxylic acid groups (broad SMARTS) is 2. The smallest absolute Gasteiger partial charge is 0.309 e. The van der Waals surface area contributed by atoms with Crippen LogP contribution < -0.4 is 5.32 Å². The largest absolute Gasteiger partial charge is 0.481 e. The van der Waals surface area contributed by atoms with Gasteiger partial charge >= 0.3 is 11.9 Å². The number of carbonyl (C=O) groups excluding carboxylic acids is 1. The molecular formula is C14H22N2O5. The molecule has 0 bridgehead atoms. The summed E-state index contributed by atoms with van der Waals surface area (Å²) >= 11 is 0. The zero-order valence-electron chi connectivity index (χ0n) is 12.0. The Labute approximate surface area is 123 Å². The van der Waals surface area contributed by atoms with Gasteiger partial charge in [-0.05, 0) is 38.3 Å². The maximum absolute atomic E-state index is 12.3. The lowest BCUT2D eigenvalue weighted by Gasteiger charge is -2.35. The van der Waals surface area contributed by atoms with E-state index in [0.29, 0.717) is 18.9 Å². The lowest BCUT2D eigenvalue weighted by Crippen LogP contribution is -2.49. The number of nitrogens with zero attached hydrogens (tertiary/aromatic N) is 1. The van der Waals surface area contributed by atoms with Gasteiger partial charge in [0.1, 0.15) is 0 Å². The van der Waals surface area contributed by atoms with Crippen LogP contribution in [0.4, 0.5) is 0 Å². The Kier molecular flexibility index (Phi) is 5.17. The highest BCUT2D eigenvalue weighted by atomic mass is 16.4. The second-order valence-electron chi connectivity index (χ2n) is 5.93. The number of carboxylic acids is 2. The highest BCUT2D eigenvalue weighted by Gasteiger charge is 2.40. The van der Waals surface area contributed by atoms with Gasteiger partial charge in [0.15, 0.2) is 0 Å². The monoisotopic (exact) mass is 298 g/mol. The molecule has 1 amide bonds. The third-order valence-corrected chi connectivity index (χ3v) is 4.46. The number of hydrogen-bond acceptors (Lipinski definition) is 4. The van der Waals surface area contributed by atoms with Crippen LogP contribution in [0.1, 0.15) is 25.7 Å². The minimum absolute atomic E-state index is 0.00524. The molecule has 21 heavy (non-hydrogen) atoms. The number of carbonyl (C=O) groups is 3. The van der Waals surface area contributed by atoms with Gasteiger partial charge in [0.2, 0.25) is 5.91 Å². The second kappa shape index (κ2) is 6.89. The van der Waals surface area contributed by atoms with Gasteiger partial charge in [-0.1, -0.05) is 0 Å². The van der Waals surface area contributed by atoms with Crippen molar-refractivity contribution in [2.75, 3.05) is 26.2 Å². The predicted molar refractivity (Wildman–Crippen MR) is 73.7 cm³/mol. The molecule has 3 N–H and O–H groups in total. The summed E-state index contributed by atoms with van der Waals surface area (Å²) in [6.45, 7) is 2.14. The quantitative estimate of drug-likeness (QED) is 0.675. The van der Waals surface area contributed by atoms with Crippen molar-refractivity contribution in [2.45, 2.75) is 25.7 Å². The van der Waals surface area contributed by atoms with E-state index in [9.17, 15) is 14.4 Å². The van der Waals surface area contributed by atoms with Gasteiger partial charge in [-0.2, -0.15) is 0 Å². The number of rotatable bonds is 4. The molecule has 7 heteroatoms. The van der Waals surface area contributed by atoms with Crippen LogP contribution in [-0.4, -0.2) is 59.1 Å². The Hall–Kier alpha value is -1.63. The van der Waals surface area contributed by atoms with Crippen molar-refractivity contribution in [2.24, 2.45) is 17.8 Å². The first kappa shape index (κ1) is 15.8. The van der Waals surface area contributed by atoms with Gasteiger partial charge < -0.3 is 20.4 Å². The summed E-state index contributed by atoms with van der Waals surface area (Å²) in [7, 11) is 0. The zero-order chi connectivity index (χ0) is 15.4. The van der Waals surface area contributed by atoms with E-state index in [1.54, 1.807) is 0 Å². The highest BCUT2D eigenvalue weighted by Crippen LogP contribution is 2.26. The van der Waals surface area contributed by atoms with E-state index >= 15 is 0 Å². The molecule has 3 unspecified atom stereocenters. The summed E-state index contributed by atoms with van der Waals surface area (Å²) in [5.74, 6) is -3.90. The van der Waals surface area contributed by atoms with Gasteiger partial charge in [0.25, 0.3) is 0 Å². The molecule has 0 aromatic carbocycles. The Morgan fingerprint density at radius 1 is 1.10 bits per heavy atom. The van der Waals surface area contributed by atoms with E-state index < -0.39 is 23.8 Å². The van der Waals surface area contributed by atoms with Crippen LogP contribution >= 0.6 is 0 Å². The third-order valence-electron chi connectivity index (χ3n) is 4.46. The zero-order valence-corrected chi connectivity index (χ0v) is 12.0. The SMILES string of the molecule is O=C(O)C1CCN(C(=O)CC2CCCNC2)CC1C(=O)O. The molecule has 2 aliphatic rings. The first-order valence-corrected chi connectivity index (χ1v) is 7.43. The summed E-state index contributed by atoms with van der Waals surface area (Å²) < 4.78 is 0. The molecule has 0 radical (unpaired) electrons. The Morgan fingerprint density at radius 3 is 2.38 bits per heavy atom. The van der Waals surface area contributed by atoms with Crippen LogP contribution in [0.25, 0.3) is 0 Å². The Bertz CT molecular complexity index is 420. The summed E-state index contributed by atoms with van der Waals surface area (Å²) in [5.41, 5.74) is 0. The van der Waals surface area contributed by atoms with Crippen LogP contribution in [0.15, 0.2) is 0 Å². The van der Waals surface area contributed by atoms with Crippen molar-refractivity contribution in [3.05, 3.63) is 0 Å². The van der Waals surface area contributed by atoms with Crippen molar-refractivity contribution in [3.8, 4) is 0 Å². The molecule has 3 atom stereocenters. The number of piperidine rings is 2. The molecule has 0 aromatic rings. The van der Waals surface area contributed by atoms with Crippen LogP contribution in [0, 0.1) is 17.8 Å². The minimum atomic E-state index is -1.14. The average Bonchev–Trinajstić information content (AvgIpc) is 2.47. The maximum atomic E-state index is 12.3. The number of hydrogen-bond donors (Lipinski definition) is 3. The van der Waals surface area contributed by atoms with E-state index in [4.69, 9.17) is 10.2 Å². The first-order valence-electron chi connectivity index (χ1n) is 7.43. The van der Waals surface area contributed by atoms with Gasteiger partial charge in [-0.15, -0.1) is 0 Å². The van der Waals surface area contributed by atoms with Crippen molar-refractivity contribution < 1.29 is 24.6 Å². The molecule has 2 rings (SSSR count). The number of likely N-dealkylation sites (tertiary alicyclic amines) is 1. The van der Waals surface area contributed by atoms with Crippen LogP contribution in [-0.2, 0) is 14.4 Å². The normalized spacial score (nSPS) is 29.9. The highest BCUT2D eigenvalue weighted by molar-refractivity contribution is 5.82. The van der Waals surface area contributed by atoms with Gasteiger partial charge in [0, 0.05) is 19.5 Å². The van der Waals surface area contributed by atoms with Gasteiger partial charge in [-0.25, -0.2) is 0 Å². The lowest BCUT2D eigenvalue weighted by molar-refractivity contribution is -0.159. The van der Waals surface area contributed by atoms with Crippen LogP contribution in [0.3, 0.4) is 0 Å². The molecular weight excluding hydrogens is 276 g/mol. The molecule has 2 saturated heterocycles. The topological polar surface area (TPSA) is 107 Å². The standard InChI is InChI=1S/C14H22N2O5/c17-12(6-9-2-1-4-15-7-9)16-5-3-10(13(18)19)11(8-16)14(20)21/h9-11,15H,1-8H2,(H,18,19)(H,20,21). The average molecular weight is 298 g/mol. The predicted octanol–water partition coefficient (Wildman–Crippen LogP) is 0.0100. The molecule has 0 saturated carbocycles. The maximum Gasteiger partial charge on any atom is 0.309 e.